The minimum Gasteiger partial charge on any atom is -0.351 e. The molecular weight excluding hydrogens is 282 g/mol. The number of rotatable bonds is 4. The van der Waals surface area contributed by atoms with Crippen LogP contribution in [0.25, 0.3) is 11.3 Å². The van der Waals surface area contributed by atoms with Crippen molar-refractivity contribution in [3.05, 3.63) is 36.5 Å². The third-order valence-corrected chi connectivity index (χ3v) is 3.91. The molecule has 1 N–H and O–H groups in total. The van der Waals surface area contributed by atoms with Gasteiger partial charge in [-0.2, -0.15) is 0 Å². The molecule has 4 nitrogen and oxygen atoms in total. The van der Waals surface area contributed by atoms with Gasteiger partial charge in [-0.15, -0.1) is 0 Å². The molecule has 0 fully saturated rings. The Bertz CT molecular complexity index is 614. The van der Waals surface area contributed by atoms with Crippen LogP contribution in [0.4, 0.5) is 0 Å². The SMILES string of the molecule is Cn1c(-c2ccccc2)cnc1SCC(=O)NC(C)(C)C. The fourth-order valence-electron chi connectivity index (χ4n) is 1.99. The zero-order valence-electron chi connectivity index (χ0n) is 12.9. The van der Waals surface area contributed by atoms with E-state index < -0.39 is 0 Å². The first-order valence-corrected chi connectivity index (χ1v) is 7.86. The second kappa shape index (κ2) is 6.35. The highest BCUT2D eigenvalue weighted by molar-refractivity contribution is 7.99. The fraction of sp³-hybridized carbons (Fsp3) is 0.375. The maximum absolute atomic E-state index is 11.9. The lowest BCUT2D eigenvalue weighted by molar-refractivity contribution is -0.119. The number of nitrogens with one attached hydrogen (secondary N) is 1. The van der Waals surface area contributed by atoms with Gasteiger partial charge in [-0.1, -0.05) is 42.1 Å². The van der Waals surface area contributed by atoms with Gasteiger partial charge in [0, 0.05) is 12.6 Å². The molecule has 21 heavy (non-hydrogen) atoms. The topological polar surface area (TPSA) is 46.9 Å². The maximum atomic E-state index is 11.9. The number of carbonyl (C=O) groups excluding carboxylic acids is 1. The van der Waals surface area contributed by atoms with Crippen LogP contribution in [0.1, 0.15) is 20.8 Å². The Hall–Kier alpha value is -1.75. The number of carbonyl (C=O) groups is 1. The number of imidazole rings is 1. The number of hydrogen-bond acceptors (Lipinski definition) is 3. The van der Waals surface area contributed by atoms with Crippen LogP contribution in [0.2, 0.25) is 0 Å². The monoisotopic (exact) mass is 303 g/mol. The minimum atomic E-state index is -0.200. The summed E-state index contributed by atoms with van der Waals surface area (Å²) in [4.78, 5) is 16.3. The van der Waals surface area contributed by atoms with Crippen molar-refractivity contribution >= 4 is 17.7 Å². The summed E-state index contributed by atoms with van der Waals surface area (Å²) in [5.74, 6) is 0.396. The number of aromatic nitrogens is 2. The first-order valence-electron chi connectivity index (χ1n) is 6.88. The molecule has 2 rings (SSSR count). The zero-order valence-corrected chi connectivity index (χ0v) is 13.7. The molecule has 1 aromatic carbocycles. The van der Waals surface area contributed by atoms with E-state index in [-0.39, 0.29) is 11.4 Å². The van der Waals surface area contributed by atoms with E-state index in [2.05, 4.69) is 22.4 Å². The zero-order chi connectivity index (χ0) is 15.5. The molecule has 0 radical (unpaired) electrons. The number of hydrogen-bond donors (Lipinski definition) is 1. The maximum Gasteiger partial charge on any atom is 0.230 e. The van der Waals surface area contributed by atoms with E-state index >= 15 is 0 Å². The van der Waals surface area contributed by atoms with Crippen molar-refractivity contribution in [1.82, 2.24) is 14.9 Å². The molecule has 0 aliphatic rings. The summed E-state index contributed by atoms with van der Waals surface area (Å²) in [7, 11) is 1.97. The summed E-state index contributed by atoms with van der Waals surface area (Å²) in [6.45, 7) is 5.93. The first kappa shape index (κ1) is 15.6. The van der Waals surface area contributed by atoms with Gasteiger partial charge in [0.15, 0.2) is 5.16 Å². The standard InChI is InChI=1S/C16H21N3OS/c1-16(2,3)18-14(20)11-21-15-17-10-13(19(15)4)12-8-6-5-7-9-12/h5-10H,11H2,1-4H3,(H,18,20). The molecule has 0 aliphatic heterocycles. The third-order valence-electron chi connectivity index (χ3n) is 2.86. The molecule has 0 spiro atoms. The van der Waals surface area contributed by atoms with Gasteiger partial charge in [0.1, 0.15) is 0 Å². The number of benzene rings is 1. The average Bonchev–Trinajstić information content (AvgIpc) is 2.77. The third kappa shape index (κ3) is 4.36. The van der Waals surface area contributed by atoms with E-state index in [0.29, 0.717) is 5.75 Å². The molecule has 5 heteroatoms. The van der Waals surface area contributed by atoms with Gasteiger partial charge in [-0.3, -0.25) is 4.79 Å². The Balaban J connectivity index is 2.03. The van der Waals surface area contributed by atoms with Crippen LogP contribution in [-0.2, 0) is 11.8 Å². The average molecular weight is 303 g/mol. The van der Waals surface area contributed by atoms with E-state index in [0.717, 1.165) is 16.4 Å². The molecule has 112 valence electrons. The second-order valence-corrected chi connectivity index (χ2v) is 6.88. The van der Waals surface area contributed by atoms with Crippen LogP contribution in [0, 0.1) is 0 Å². The van der Waals surface area contributed by atoms with Crippen molar-refractivity contribution in [2.24, 2.45) is 7.05 Å². The highest BCUT2D eigenvalue weighted by atomic mass is 32.2. The predicted molar refractivity (Wildman–Crippen MR) is 87.3 cm³/mol. The van der Waals surface area contributed by atoms with Crippen LogP contribution >= 0.6 is 11.8 Å². The van der Waals surface area contributed by atoms with Gasteiger partial charge in [-0.25, -0.2) is 4.98 Å². The highest BCUT2D eigenvalue weighted by Crippen LogP contribution is 2.24. The van der Waals surface area contributed by atoms with Gasteiger partial charge in [-0.05, 0) is 26.3 Å². The van der Waals surface area contributed by atoms with E-state index in [1.54, 1.807) is 0 Å². The van der Waals surface area contributed by atoms with E-state index in [9.17, 15) is 4.79 Å². The summed E-state index contributed by atoms with van der Waals surface area (Å²) in [6, 6.07) is 10.1. The van der Waals surface area contributed by atoms with Crippen LogP contribution in [0.3, 0.4) is 0 Å². The van der Waals surface area contributed by atoms with Crippen LogP contribution < -0.4 is 5.32 Å². The van der Waals surface area contributed by atoms with Gasteiger partial charge in [0.05, 0.1) is 17.6 Å². The summed E-state index contributed by atoms with van der Waals surface area (Å²) < 4.78 is 2.02. The lowest BCUT2D eigenvalue weighted by Gasteiger charge is -2.20. The van der Waals surface area contributed by atoms with Crippen LogP contribution in [-0.4, -0.2) is 26.8 Å². The molecule has 1 heterocycles. The molecule has 0 saturated carbocycles. The van der Waals surface area contributed by atoms with Crippen molar-refractivity contribution in [2.75, 3.05) is 5.75 Å². The molecule has 0 aliphatic carbocycles. The Morgan fingerprint density at radius 1 is 1.29 bits per heavy atom. The quantitative estimate of drug-likeness (QED) is 0.883. The lowest BCUT2D eigenvalue weighted by Crippen LogP contribution is -2.41. The molecule has 0 saturated heterocycles. The van der Waals surface area contributed by atoms with Crippen molar-refractivity contribution in [3.63, 3.8) is 0 Å². The number of thioether (sulfide) groups is 1. The predicted octanol–water partition coefficient (Wildman–Crippen LogP) is 3.09. The molecule has 0 bridgehead atoms. The molecule has 1 amide bonds. The molecule has 0 unspecified atom stereocenters. The summed E-state index contributed by atoms with van der Waals surface area (Å²) in [5, 5.41) is 3.80. The number of amides is 1. The fourth-order valence-corrected chi connectivity index (χ4v) is 2.74. The summed E-state index contributed by atoms with van der Waals surface area (Å²) >= 11 is 1.45. The van der Waals surface area contributed by atoms with E-state index in [4.69, 9.17) is 0 Å². The van der Waals surface area contributed by atoms with Gasteiger partial charge in [0.25, 0.3) is 0 Å². The van der Waals surface area contributed by atoms with Crippen molar-refractivity contribution in [3.8, 4) is 11.3 Å². The molecule has 1 aromatic heterocycles. The number of nitrogens with zero attached hydrogens (tertiary/aromatic N) is 2. The largest absolute Gasteiger partial charge is 0.351 e. The first-order chi connectivity index (χ1) is 9.87. The molecule has 0 atom stereocenters. The van der Waals surface area contributed by atoms with Crippen LogP contribution in [0.5, 0.6) is 0 Å². The van der Waals surface area contributed by atoms with E-state index in [1.165, 1.54) is 11.8 Å². The molecule has 2 aromatic rings. The highest BCUT2D eigenvalue weighted by Gasteiger charge is 2.15. The van der Waals surface area contributed by atoms with Gasteiger partial charge in [0.2, 0.25) is 5.91 Å². The van der Waals surface area contributed by atoms with Crippen molar-refractivity contribution in [1.29, 1.82) is 0 Å². The Morgan fingerprint density at radius 3 is 2.57 bits per heavy atom. The summed E-state index contributed by atoms with van der Waals surface area (Å²) in [5.41, 5.74) is 1.97. The van der Waals surface area contributed by atoms with Crippen molar-refractivity contribution in [2.45, 2.75) is 31.5 Å². The second-order valence-electron chi connectivity index (χ2n) is 5.94. The Kier molecular flexibility index (Phi) is 4.73. The molecular formula is C16H21N3OS. The van der Waals surface area contributed by atoms with Gasteiger partial charge >= 0.3 is 0 Å². The summed E-state index contributed by atoms with van der Waals surface area (Å²) in [6.07, 6.45) is 1.85. The van der Waals surface area contributed by atoms with Crippen molar-refractivity contribution < 1.29 is 4.79 Å². The Labute approximate surface area is 130 Å². The minimum absolute atomic E-state index is 0.0248. The normalized spacial score (nSPS) is 11.4. The smallest absolute Gasteiger partial charge is 0.230 e. The van der Waals surface area contributed by atoms with Gasteiger partial charge < -0.3 is 9.88 Å². The van der Waals surface area contributed by atoms with Crippen LogP contribution in [0.15, 0.2) is 41.7 Å². The Morgan fingerprint density at radius 2 is 1.95 bits per heavy atom. The lowest BCUT2D eigenvalue weighted by atomic mass is 10.1. The van der Waals surface area contributed by atoms with E-state index in [1.807, 2.05) is 56.8 Å².